The third-order valence-electron chi connectivity index (χ3n) is 3.42. The molecule has 128 valence electrons. The number of carbonyl (C=O) groups excluding carboxylic acids is 1. The average Bonchev–Trinajstić information content (AvgIpc) is 2.54. The summed E-state index contributed by atoms with van der Waals surface area (Å²) in [6.45, 7) is 3.17. The van der Waals surface area contributed by atoms with Gasteiger partial charge in [-0.15, -0.1) is 0 Å². The molecular formula is C16H12F5NO2. The highest BCUT2D eigenvalue weighted by Crippen LogP contribution is 2.28. The van der Waals surface area contributed by atoms with Crippen molar-refractivity contribution in [2.45, 2.75) is 13.8 Å². The summed E-state index contributed by atoms with van der Waals surface area (Å²) in [6.07, 6.45) is 0. The van der Waals surface area contributed by atoms with E-state index in [4.69, 9.17) is 4.74 Å². The molecule has 0 saturated carbocycles. The van der Waals surface area contributed by atoms with E-state index in [1.165, 1.54) is 7.11 Å². The van der Waals surface area contributed by atoms with Crippen LogP contribution in [-0.4, -0.2) is 13.0 Å². The van der Waals surface area contributed by atoms with Crippen molar-refractivity contribution in [2.75, 3.05) is 12.4 Å². The molecule has 0 aliphatic rings. The largest absolute Gasteiger partial charge is 0.497 e. The smallest absolute Gasteiger partial charge is 0.261 e. The Morgan fingerprint density at radius 2 is 1.29 bits per heavy atom. The molecule has 0 aliphatic heterocycles. The Hall–Kier alpha value is -2.64. The zero-order chi connectivity index (χ0) is 18.2. The van der Waals surface area contributed by atoms with Gasteiger partial charge in [0.05, 0.1) is 7.11 Å². The van der Waals surface area contributed by atoms with Gasteiger partial charge in [0.15, 0.2) is 23.3 Å². The summed E-state index contributed by atoms with van der Waals surface area (Å²) < 4.78 is 71.8. The van der Waals surface area contributed by atoms with E-state index in [0.717, 1.165) is 0 Å². The number of hydrogen-bond acceptors (Lipinski definition) is 2. The van der Waals surface area contributed by atoms with Crippen molar-refractivity contribution in [1.82, 2.24) is 0 Å². The lowest BCUT2D eigenvalue weighted by atomic mass is 10.1. The van der Waals surface area contributed by atoms with Crippen LogP contribution in [0, 0.1) is 42.9 Å². The summed E-state index contributed by atoms with van der Waals surface area (Å²) >= 11 is 0. The van der Waals surface area contributed by atoms with Crippen LogP contribution in [0.2, 0.25) is 0 Å². The molecule has 24 heavy (non-hydrogen) atoms. The van der Waals surface area contributed by atoms with Crippen molar-refractivity contribution in [3.63, 3.8) is 0 Å². The lowest BCUT2D eigenvalue weighted by molar-refractivity contribution is 0.101. The number of benzene rings is 2. The van der Waals surface area contributed by atoms with Gasteiger partial charge < -0.3 is 10.1 Å². The molecule has 3 nitrogen and oxygen atoms in total. The van der Waals surface area contributed by atoms with Crippen molar-refractivity contribution in [1.29, 1.82) is 0 Å². The Morgan fingerprint density at radius 1 is 0.875 bits per heavy atom. The van der Waals surface area contributed by atoms with Crippen molar-refractivity contribution in [2.24, 2.45) is 0 Å². The zero-order valence-electron chi connectivity index (χ0n) is 12.9. The Morgan fingerprint density at radius 3 is 1.71 bits per heavy atom. The zero-order valence-corrected chi connectivity index (χ0v) is 12.9. The number of rotatable bonds is 3. The fourth-order valence-electron chi connectivity index (χ4n) is 2.22. The summed E-state index contributed by atoms with van der Waals surface area (Å²) in [6, 6.07) is 3.09. The Labute approximate surface area is 134 Å². The maximum absolute atomic E-state index is 13.7. The summed E-state index contributed by atoms with van der Waals surface area (Å²) in [5, 5.41) is 2.17. The number of carbonyl (C=O) groups is 1. The van der Waals surface area contributed by atoms with Crippen molar-refractivity contribution in [3.8, 4) is 5.75 Å². The van der Waals surface area contributed by atoms with Crippen LogP contribution in [0.25, 0.3) is 0 Å². The van der Waals surface area contributed by atoms with Gasteiger partial charge >= 0.3 is 0 Å². The van der Waals surface area contributed by atoms with Crippen LogP contribution in [0.3, 0.4) is 0 Å². The molecule has 0 unspecified atom stereocenters. The third-order valence-corrected chi connectivity index (χ3v) is 3.42. The molecule has 0 radical (unpaired) electrons. The Bertz CT molecular complexity index is 784. The highest BCUT2D eigenvalue weighted by molar-refractivity contribution is 6.05. The summed E-state index contributed by atoms with van der Waals surface area (Å²) in [7, 11) is 1.43. The number of hydrogen-bond donors (Lipinski definition) is 1. The second-order valence-corrected chi connectivity index (χ2v) is 5.04. The maximum Gasteiger partial charge on any atom is 0.261 e. The highest BCUT2D eigenvalue weighted by Gasteiger charge is 2.30. The first-order chi connectivity index (χ1) is 11.2. The number of amides is 1. The first-order valence-corrected chi connectivity index (χ1v) is 6.67. The summed E-state index contributed by atoms with van der Waals surface area (Å²) in [5.74, 6) is -12.0. The first-order valence-electron chi connectivity index (χ1n) is 6.67. The van der Waals surface area contributed by atoms with Gasteiger partial charge in [0.2, 0.25) is 5.82 Å². The average molecular weight is 345 g/mol. The van der Waals surface area contributed by atoms with Gasteiger partial charge in [-0.05, 0) is 37.1 Å². The predicted molar refractivity (Wildman–Crippen MR) is 76.7 cm³/mol. The van der Waals surface area contributed by atoms with E-state index in [1.54, 1.807) is 26.0 Å². The SMILES string of the molecule is COc1cc(C)c(NC(=O)c2c(F)c(F)c(F)c(F)c2F)c(C)c1. The molecule has 0 aromatic heterocycles. The van der Waals surface area contributed by atoms with E-state index in [1.807, 2.05) is 0 Å². The monoisotopic (exact) mass is 345 g/mol. The van der Waals surface area contributed by atoms with Crippen LogP contribution in [0.5, 0.6) is 5.75 Å². The first kappa shape index (κ1) is 17.7. The number of nitrogens with one attached hydrogen (secondary N) is 1. The second-order valence-electron chi connectivity index (χ2n) is 5.04. The molecule has 0 spiro atoms. The molecule has 1 amide bonds. The molecule has 2 aromatic carbocycles. The Kier molecular flexibility index (Phi) is 4.77. The molecule has 0 aliphatic carbocycles. The van der Waals surface area contributed by atoms with Gasteiger partial charge in [-0.3, -0.25) is 4.79 Å². The van der Waals surface area contributed by atoms with E-state index < -0.39 is 40.6 Å². The molecule has 0 saturated heterocycles. The van der Waals surface area contributed by atoms with Gasteiger partial charge in [-0.2, -0.15) is 0 Å². The standard InChI is InChI=1S/C16H12F5NO2/c1-6-4-8(24-3)5-7(2)15(6)22-16(23)9-10(17)12(19)14(21)13(20)11(9)18/h4-5H,1-3H3,(H,22,23). The van der Waals surface area contributed by atoms with Gasteiger partial charge in [0, 0.05) is 5.69 Å². The van der Waals surface area contributed by atoms with Crippen molar-refractivity contribution >= 4 is 11.6 Å². The minimum Gasteiger partial charge on any atom is -0.497 e. The topological polar surface area (TPSA) is 38.3 Å². The lowest BCUT2D eigenvalue weighted by Crippen LogP contribution is -2.20. The van der Waals surface area contributed by atoms with E-state index >= 15 is 0 Å². The van der Waals surface area contributed by atoms with Gasteiger partial charge in [0.1, 0.15) is 11.3 Å². The van der Waals surface area contributed by atoms with Crippen LogP contribution in [0.4, 0.5) is 27.6 Å². The van der Waals surface area contributed by atoms with Gasteiger partial charge in [0.25, 0.3) is 5.91 Å². The van der Waals surface area contributed by atoms with Crippen LogP contribution in [0.15, 0.2) is 12.1 Å². The molecular weight excluding hydrogens is 333 g/mol. The molecule has 8 heteroatoms. The molecule has 2 aromatic rings. The van der Waals surface area contributed by atoms with E-state index in [2.05, 4.69) is 5.32 Å². The molecule has 0 bridgehead atoms. The molecule has 0 heterocycles. The lowest BCUT2D eigenvalue weighted by Gasteiger charge is -2.14. The summed E-state index contributed by atoms with van der Waals surface area (Å²) in [5.41, 5.74) is -0.376. The minimum absolute atomic E-state index is 0.185. The number of ether oxygens (including phenoxy) is 1. The quantitative estimate of drug-likeness (QED) is 0.513. The van der Waals surface area contributed by atoms with Crippen LogP contribution >= 0.6 is 0 Å². The van der Waals surface area contributed by atoms with Crippen LogP contribution in [0.1, 0.15) is 21.5 Å². The van der Waals surface area contributed by atoms with Gasteiger partial charge in [-0.1, -0.05) is 0 Å². The van der Waals surface area contributed by atoms with Crippen LogP contribution < -0.4 is 10.1 Å². The number of methoxy groups -OCH3 is 1. The van der Waals surface area contributed by atoms with Crippen molar-refractivity contribution in [3.05, 3.63) is 57.9 Å². The highest BCUT2D eigenvalue weighted by atomic mass is 19.2. The number of anilines is 1. The van der Waals surface area contributed by atoms with E-state index in [0.29, 0.717) is 16.9 Å². The van der Waals surface area contributed by atoms with E-state index in [-0.39, 0.29) is 5.69 Å². The second kappa shape index (κ2) is 6.46. The van der Waals surface area contributed by atoms with Gasteiger partial charge in [-0.25, -0.2) is 22.0 Å². The van der Waals surface area contributed by atoms with E-state index in [9.17, 15) is 26.7 Å². The Balaban J connectivity index is 2.49. The fourth-order valence-corrected chi connectivity index (χ4v) is 2.22. The van der Waals surface area contributed by atoms with Crippen LogP contribution in [-0.2, 0) is 0 Å². The minimum atomic E-state index is -2.32. The normalized spacial score (nSPS) is 10.7. The predicted octanol–water partition coefficient (Wildman–Crippen LogP) is 4.26. The maximum atomic E-state index is 13.7. The fraction of sp³-hybridized carbons (Fsp3) is 0.188. The molecule has 2 rings (SSSR count). The third kappa shape index (κ3) is 2.91. The molecule has 1 N–H and O–H groups in total. The number of halogens is 5. The summed E-state index contributed by atoms with van der Waals surface area (Å²) in [4.78, 5) is 12.1. The molecule has 0 atom stereocenters. The molecule has 0 fully saturated rings. The number of aryl methyl sites for hydroxylation is 2. The van der Waals surface area contributed by atoms with Crippen molar-refractivity contribution < 1.29 is 31.5 Å².